The van der Waals surface area contributed by atoms with Gasteiger partial charge in [0.15, 0.2) is 5.60 Å². The Hall–Kier alpha value is -2.20. The lowest BCUT2D eigenvalue weighted by Gasteiger charge is -2.39. The van der Waals surface area contributed by atoms with Crippen molar-refractivity contribution in [3.63, 3.8) is 0 Å². The van der Waals surface area contributed by atoms with Crippen LogP contribution < -0.4 is 14.4 Å². The summed E-state index contributed by atoms with van der Waals surface area (Å²) in [6.07, 6.45) is 0.720. The zero-order chi connectivity index (χ0) is 18.0. The van der Waals surface area contributed by atoms with Crippen molar-refractivity contribution in [2.24, 2.45) is 0 Å². The maximum absolute atomic E-state index is 12.8. The number of carbonyl (C=O) groups is 1. The van der Waals surface area contributed by atoms with Crippen LogP contribution in [0.25, 0.3) is 0 Å². The van der Waals surface area contributed by atoms with E-state index >= 15 is 0 Å². The molecule has 0 aliphatic carbocycles. The Morgan fingerprint density at radius 1 is 1.16 bits per heavy atom. The summed E-state index contributed by atoms with van der Waals surface area (Å²) < 4.78 is 11.6. The summed E-state index contributed by atoms with van der Waals surface area (Å²) in [4.78, 5) is 14.6. The largest absolute Gasteiger partial charge is 0.494 e. The van der Waals surface area contributed by atoms with Crippen LogP contribution in [0.3, 0.4) is 0 Å². The summed E-state index contributed by atoms with van der Waals surface area (Å²) >= 11 is 5.87. The summed E-state index contributed by atoms with van der Waals surface area (Å²) in [5, 5.41) is 0.681. The van der Waals surface area contributed by atoms with E-state index in [0.717, 1.165) is 29.2 Å². The summed E-state index contributed by atoms with van der Waals surface area (Å²) in [7, 11) is 0. The van der Waals surface area contributed by atoms with E-state index in [1.807, 2.05) is 37.3 Å². The molecule has 25 heavy (non-hydrogen) atoms. The molecule has 2 aromatic rings. The summed E-state index contributed by atoms with van der Waals surface area (Å²) in [6, 6.07) is 13.2. The molecule has 4 nitrogen and oxygen atoms in total. The van der Waals surface area contributed by atoms with Crippen LogP contribution in [0.2, 0.25) is 5.02 Å². The molecular weight excluding hydrogens is 338 g/mol. The van der Waals surface area contributed by atoms with E-state index in [1.165, 1.54) is 0 Å². The highest BCUT2D eigenvalue weighted by Gasteiger charge is 2.40. The second-order valence-electron chi connectivity index (χ2n) is 6.70. The zero-order valence-corrected chi connectivity index (χ0v) is 15.5. The second-order valence-corrected chi connectivity index (χ2v) is 7.13. The number of benzene rings is 2. The molecule has 0 unspecified atom stereocenters. The predicted octanol–water partition coefficient (Wildman–Crippen LogP) is 4.62. The number of amides is 1. The fraction of sp³-hybridized carbons (Fsp3) is 0.350. The number of halogens is 1. The van der Waals surface area contributed by atoms with Gasteiger partial charge in [-0.1, -0.05) is 17.7 Å². The number of aryl methyl sites for hydroxylation is 1. The van der Waals surface area contributed by atoms with Crippen LogP contribution in [-0.4, -0.2) is 24.7 Å². The molecule has 1 aliphatic heterocycles. The molecule has 1 amide bonds. The lowest BCUT2D eigenvalue weighted by Crippen LogP contribution is -2.52. The van der Waals surface area contributed by atoms with E-state index in [4.69, 9.17) is 21.1 Å². The van der Waals surface area contributed by atoms with Gasteiger partial charge in [-0.25, -0.2) is 0 Å². The first-order valence-corrected chi connectivity index (χ1v) is 8.74. The Balaban J connectivity index is 1.67. The number of hydrogen-bond donors (Lipinski definition) is 0. The van der Waals surface area contributed by atoms with Crippen molar-refractivity contribution in [2.45, 2.75) is 32.8 Å². The fourth-order valence-corrected chi connectivity index (χ4v) is 2.97. The topological polar surface area (TPSA) is 38.8 Å². The highest BCUT2D eigenvalue weighted by molar-refractivity contribution is 6.30. The molecule has 132 valence electrons. The van der Waals surface area contributed by atoms with Gasteiger partial charge in [-0.05, 0) is 69.2 Å². The highest BCUT2D eigenvalue weighted by atomic mass is 35.5. The van der Waals surface area contributed by atoms with E-state index in [2.05, 4.69) is 0 Å². The Kier molecular flexibility index (Phi) is 4.91. The third-order valence-corrected chi connectivity index (χ3v) is 4.39. The summed E-state index contributed by atoms with van der Waals surface area (Å²) in [6.45, 7) is 6.71. The smallest absolute Gasteiger partial charge is 0.270 e. The van der Waals surface area contributed by atoms with E-state index < -0.39 is 5.60 Å². The molecule has 0 bridgehead atoms. The van der Waals surface area contributed by atoms with Crippen molar-refractivity contribution in [1.29, 1.82) is 0 Å². The fourth-order valence-electron chi connectivity index (χ4n) is 2.84. The third kappa shape index (κ3) is 3.90. The standard InChI is InChI=1S/C20H22ClNO3/c1-14-5-10-18-17(13-14)22(19(23)20(2,3)25-18)11-4-12-24-16-8-6-15(21)7-9-16/h5-10,13H,4,11-12H2,1-3H3. The Bertz CT molecular complexity index is 771. The van der Waals surface area contributed by atoms with E-state index in [9.17, 15) is 4.79 Å². The van der Waals surface area contributed by atoms with Gasteiger partial charge in [-0.15, -0.1) is 0 Å². The maximum Gasteiger partial charge on any atom is 0.270 e. The maximum atomic E-state index is 12.8. The highest BCUT2D eigenvalue weighted by Crippen LogP contribution is 2.38. The molecule has 0 saturated heterocycles. The SMILES string of the molecule is Cc1ccc2c(c1)N(CCCOc1ccc(Cl)cc1)C(=O)C(C)(C)O2. The van der Waals surface area contributed by atoms with Gasteiger partial charge in [0, 0.05) is 11.6 Å². The third-order valence-electron chi connectivity index (χ3n) is 4.14. The minimum Gasteiger partial charge on any atom is -0.494 e. The molecule has 5 heteroatoms. The van der Waals surface area contributed by atoms with Crippen LogP contribution in [0.15, 0.2) is 42.5 Å². The molecule has 1 aliphatic rings. The van der Waals surface area contributed by atoms with Gasteiger partial charge >= 0.3 is 0 Å². The minimum absolute atomic E-state index is 0.0305. The van der Waals surface area contributed by atoms with E-state index in [0.29, 0.717) is 18.2 Å². The van der Waals surface area contributed by atoms with Crippen molar-refractivity contribution in [1.82, 2.24) is 0 Å². The molecule has 0 spiro atoms. The van der Waals surface area contributed by atoms with Gasteiger partial charge in [0.2, 0.25) is 0 Å². The van der Waals surface area contributed by atoms with Gasteiger partial charge in [0.05, 0.1) is 12.3 Å². The average Bonchev–Trinajstić information content (AvgIpc) is 2.57. The van der Waals surface area contributed by atoms with Crippen LogP contribution in [-0.2, 0) is 4.79 Å². The molecule has 0 saturated carbocycles. The molecule has 1 heterocycles. The van der Waals surface area contributed by atoms with Crippen LogP contribution in [0.5, 0.6) is 11.5 Å². The van der Waals surface area contributed by atoms with Gasteiger partial charge in [0.1, 0.15) is 11.5 Å². The molecule has 0 atom stereocenters. The first-order chi connectivity index (χ1) is 11.9. The molecule has 0 aromatic heterocycles. The quantitative estimate of drug-likeness (QED) is 0.731. The van der Waals surface area contributed by atoms with Gasteiger partial charge < -0.3 is 14.4 Å². The van der Waals surface area contributed by atoms with Crippen molar-refractivity contribution >= 4 is 23.2 Å². The van der Waals surface area contributed by atoms with Crippen LogP contribution >= 0.6 is 11.6 Å². The zero-order valence-electron chi connectivity index (χ0n) is 14.7. The first kappa shape index (κ1) is 17.6. The number of fused-ring (bicyclic) bond motifs is 1. The van der Waals surface area contributed by atoms with Crippen molar-refractivity contribution in [2.75, 3.05) is 18.1 Å². The molecule has 0 N–H and O–H groups in total. The Labute approximate surface area is 153 Å². The van der Waals surface area contributed by atoms with E-state index in [1.54, 1.807) is 30.9 Å². The van der Waals surface area contributed by atoms with Crippen molar-refractivity contribution in [3.05, 3.63) is 53.1 Å². The molecule has 2 aromatic carbocycles. The first-order valence-electron chi connectivity index (χ1n) is 8.37. The number of rotatable bonds is 5. The molecule has 0 fully saturated rings. The average molecular weight is 360 g/mol. The number of anilines is 1. The van der Waals surface area contributed by atoms with Gasteiger partial charge in [0.25, 0.3) is 5.91 Å². The summed E-state index contributed by atoms with van der Waals surface area (Å²) in [5.74, 6) is 1.49. The summed E-state index contributed by atoms with van der Waals surface area (Å²) in [5.41, 5.74) is 1.06. The molecule has 0 radical (unpaired) electrons. The van der Waals surface area contributed by atoms with Crippen molar-refractivity contribution in [3.8, 4) is 11.5 Å². The lowest BCUT2D eigenvalue weighted by molar-refractivity contribution is -0.132. The minimum atomic E-state index is -0.862. The van der Waals surface area contributed by atoms with E-state index in [-0.39, 0.29) is 5.91 Å². The molecular formula is C20H22ClNO3. The van der Waals surface area contributed by atoms with Crippen LogP contribution in [0.1, 0.15) is 25.8 Å². The number of ether oxygens (including phenoxy) is 2. The number of nitrogens with zero attached hydrogens (tertiary/aromatic N) is 1. The van der Waals surface area contributed by atoms with Crippen LogP contribution in [0, 0.1) is 6.92 Å². The van der Waals surface area contributed by atoms with Gasteiger partial charge in [-0.2, -0.15) is 0 Å². The molecule has 3 rings (SSSR count). The lowest BCUT2D eigenvalue weighted by atomic mass is 10.0. The Morgan fingerprint density at radius 3 is 2.60 bits per heavy atom. The van der Waals surface area contributed by atoms with Crippen LogP contribution in [0.4, 0.5) is 5.69 Å². The van der Waals surface area contributed by atoms with Gasteiger partial charge in [-0.3, -0.25) is 4.79 Å². The Morgan fingerprint density at radius 2 is 1.88 bits per heavy atom. The number of carbonyl (C=O) groups excluding carboxylic acids is 1. The number of hydrogen-bond acceptors (Lipinski definition) is 3. The second kappa shape index (κ2) is 6.96. The normalized spacial score (nSPS) is 15.5. The monoisotopic (exact) mass is 359 g/mol. The predicted molar refractivity (Wildman–Crippen MR) is 99.8 cm³/mol. The van der Waals surface area contributed by atoms with Crippen molar-refractivity contribution < 1.29 is 14.3 Å².